The van der Waals surface area contributed by atoms with Gasteiger partial charge < -0.3 is 19.5 Å². The fourth-order valence-corrected chi connectivity index (χ4v) is 2.84. The van der Waals surface area contributed by atoms with Gasteiger partial charge in [0.15, 0.2) is 5.76 Å². The average Bonchev–Trinajstić information content (AvgIpc) is 2.96. The second-order valence-electron chi connectivity index (χ2n) is 6.29. The molecular formula is C17H27N3O3. The van der Waals surface area contributed by atoms with E-state index in [-0.39, 0.29) is 23.5 Å². The molecular weight excluding hydrogens is 294 g/mol. The van der Waals surface area contributed by atoms with E-state index in [1.807, 2.05) is 18.7 Å². The Kier molecular flexibility index (Phi) is 6.21. The van der Waals surface area contributed by atoms with E-state index in [0.717, 1.165) is 32.6 Å². The van der Waals surface area contributed by atoms with Crippen LogP contribution in [0.2, 0.25) is 0 Å². The molecule has 0 radical (unpaired) electrons. The van der Waals surface area contributed by atoms with Crippen LogP contribution in [0.3, 0.4) is 0 Å². The molecule has 0 saturated carbocycles. The zero-order valence-corrected chi connectivity index (χ0v) is 14.2. The lowest BCUT2D eigenvalue weighted by Gasteiger charge is -2.28. The van der Waals surface area contributed by atoms with E-state index in [0.29, 0.717) is 6.54 Å². The predicted octanol–water partition coefficient (Wildman–Crippen LogP) is 1.59. The van der Waals surface area contributed by atoms with Gasteiger partial charge in [-0.15, -0.1) is 0 Å². The van der Waals surface area contributed by atoms with E-state index in [1.165, 1.54) is 6.26 Å². The second-order valence-corrected chi connectivity index (χ2v) is 6.29. The molecule has 6 nitrogen and oxygen atoms in total. The van der Waals surface area contributed by atoms with Crippen molar-refractivity contribution >= 4 is 11.8 Å². The number of hydrogen-bond acceptors (Lipinski definition) is 4. The van der Waals surface area contributed by atoms with Gasteiger partial charge in [0.1, 0.15) is 6.04 Å². The van der Waals surface area contributed by atoms with Crippen molar-refractivity contribution in [1.82, 2.24) is 15.1 Å². The molecule has 6 heteroatoms. The third-order valence-corrected chi connectivity index (χ3v) is 4.31. The quantitative estimate of drug-likeness (QED) is 0.894. The Morgan fingerprint density at radius 1 is 1.26 bits per heavy atom. The third kappa shape index (κ3) is 4.58. The van der Waals surface area contributed by atoms with Gasteiger partial charge in [0.25, 0.3) is 5.91 Å². The van der Waals surface area contributed by atoms with Crippen molar-refractivity contribution in [3.8, 4) is 0 Å². The monoisotopic (exact) mass is 321 g/mol. The number of nitrogens with one attached hydrogen (secondary N) is 1. The van der Waals surface area contributed by atoms with Crippen LogP contribution in [0.1, 0.15) is 37.7 Å². The summed E-state index contributed by atoms with van der Waals surface area (Å²) in [5, 5.41) is 2.82. The molecule has 1 fully saturated rings. The van der Waals surface area contributed by atoms with E-state index in [9.17, 15) is 9.59 Å². The summed E-state index contributed by atoms with van der Waals surface area (Å²) < 4.78 is 5.11. The number of amides is 2. The normalized spacial score (nSPS) is 17.8. The maximum Gasteiger partial charge on any atom is 0.287 e. The van der Waals surface area contributed by atoms with Crippen LogP contribution < -0.4 is 5.32 Å². The molecule has 1 saturated heterocycles. The summed E-state index contributed by atoms with van der Waals surface area (Å²) in [6.45, 7) is 10.4. The minimum absolute atomic E-state index is 0.00198. The summed E-state index contributed by atoms with van der Waals surface area (Å²) in [5.74, 6) is -0.0895. The average molecular weight is 321 g/mol. The summed E-state index contributed by atoms with van der Waals surface area (Å²) in [6, 6.07) is 2.73. The summed E-state index contributed by atoms with van der Waals surface area (Å²) in [6.07, 6.45) is 2.42. The van der Waals surface area contributed by atoms with Gasteiger partial charge in [0, 0.05) is 19.6 Å². The number of carbonyl (C=O) groups is 2. The summed E-state index contributed by atoms with van der Waals surface area (Å²) in [5.41, 5.74) is 0. The molecule has 2 rings (SSSR count). The maximum absolute atomic E-state index is 12.9. The van der Waals surface area contributed by atoms with Gasteiger partial charge in [-0.2, -0.15) is 0 Å². The minimum Gasteiger partial charge on any atom is -0.459 e. The summed E-state index contributed by atoms with van der Waals surface area (Å²) in [7, 11) is 0. The Balaban J connectivity index is 2.02. The zero-order valence-electron chi connectivity index (χ0n) is 14.2. The van der Waals surface area contributed by atoms with Crippen molar-refractivity contribution in [3.05, 3.63) is 24.2 Å². The van der Waals surface area contributed by atoms with Crippen molar-refractivity contribution in [2.45, 2.75) is 33.2 Å². The molecule has 1 aliphatic rings. The first-order valence-corrected chi connectivity index (χ1v) is 8.38. The standard InChI is InChI=1S/C17H27N3O3/c1-4-19-8-6-9-20(11-10-19)17(22)15(13(2)3)18-16(21)14-7-5-12-23-14/h5,7,12-13,15H,4,6,8-11H2,1-3H3,(H,18,21)/t15-/m1/s1. The molecule has 0 aromatic carbocycles. The molecule has 0 spiro atoms. The van der Waals surface area contributed by atoms with Gasteiger partial charge in [-0.3, -0.25) is 9.59 Å². The molecule has 1 atom stereocenters. The van der Waals surface area contributed by atoms with Crippen LogP contribution in [0.15, 0.2) is 22.8 Å². The first kappa shape index (κ1) is 17.5. The number of furan rings is 1. The van der Waals surface area contributed by atoms with E-state index in [2.05, 4.69) is 17.1 Å². The fraction of sp³-hybridized carbons (Fsp3) is 0.647. The van der Waals surface area contributed by atoms with Crippen LogP contribution in [0.25, 0.3) is 0 Å². The molecule has 23 heavy (non-hydrogen) atoms. The van der Waals surface area contributed by atoms with E-state index in [4.69, 9.17) is 4.42 Å². The van der Waals surface area contributed by atoms with Crippen LogP contribution in [0.5, 0.6) is 0 Å². The summed E-state index contributed by atoms with van der Waals surface area (Å²) in [4.78, 5) is 29.3. The topological polar surface area (TPSA) is 65.8 Å². The molecule has 1 aromatic heterocycles. The van der Waals surface area contributed by atoms with Gasteiger partial charge in [-0.25, -0.2) is 0 Å². The SMILES string of the molecule is CCN1CCCN(C(=O)[C@H](NC(=O)c2ccco2)C(C)C)CC1. The number of nitrogens with zero attached hydrogens (tertiary/aromatic N) is 2. The van der Waals surface area contributed by atoms with Crippen LogP contribution in [0, 0.1) is 5.92 Å². The van der Waals surface area contributed by atoms with Crippen molar-refractivity contribution in [2.24, 2.45) is 5.92 Å². The van der Waals surface area contributed by atoms with E-state index in [1.54, 1.807) is 12.1 Å². The van der Waals surface area contributed by atoms with Crippen LogP contribution >= 0.6 is 0 Å². The highest BCUT2D eigenvalue weighted by atomic mass is 16.3. The van der Waals surface area contributed by atoms with Gasteiger partial charge in [-0.05, 0) is 37.6 Å². The highest BCUT2D eigenvalue weighted by molar-refractivity contribution is 5.95. The van der Waals surface area contributed by atoms with E-state index < -0.39 is 6.04 Å². The van der Waals surface area contributed by atoms with Crippen LogP contribution in [-0.2, 0) is 4.79 Å². The van der Waals surface area contributed by atoms with Crippen molar-refractivity contribution < 1.29 is 14.0 Å². The lowest BCUT2D eigenvalue weighted by atomic mass is 10.0. The second kappa shape index (κ2) is 8.15. The molecule has 1 aliphatic heterocycles. The highest BCUT2D eigenvalue weighted by Gasteiger charge is 2.30. The Hall–Kier alpha value is -1.82. The van der Waals surface area contributed by atoms with Crippen molar-refractivity contribution in [1.29, 1.82) is 0 Å². The van der Waals surface area contributed by atoms with Crippen molar-refractivity contribution in [2.75, 3.05) is 32.7 Å². The Morgan fingerprint density at radius 3 is 2.65 bits per heavy atom. The number of likely N-dealkylation sites (N-methyl/N-ethyl adjacent to an activating group) is 1. The molecule has 0 aliphatic carbocycles. The fourth-order valence-electron chi connectivity index (χ4n) is 2.84. The summed E-state index contributed by atoms with van der Waals surface area (Å²) >= 11 is 0. The molecule has 128 valence electrons. The third-order valence-electron chi connectivity index (χ3n) is 4.31. The molecule has 0 unspecified atom stereocenters. The Bertz CT molecular complexity index is 513. The maximum atomic E-state index is 12.9. The highest BCUT2D eigenvalue weighted by Crippen LogP contribution is 2.11. The van der Waals surface area contributed by atoms with Crippen LogP contribution in [0.4, 0.5) is 0 Å². The Morgan fingerprint density at radius 2 is 2.04 bits per heavy atom. The first-order valence-electron chi connectivity index (χ1n) is 8.38. The first-order chi connectivity index (χ1) is 11.0. The molecule has 2 amide bonds. The van der Waals surface area contributed by atoms with Crippen molar-refractivity contribution in [3.63, 3.8) is 0 Å². The smallest absolute Gasteiger partial charge is 0.287 e. The zero-order chi connectivity index (χ0) is 16.8. The molecule has 2 heterocycles. The van der Waals surface area contributed by atoms with Gasteiger partial charge in [0.2, 0.25) is 5.91 Å². The lowest BCUT2D eigenvalue weighted by molar-refractivity contribution is -0.134. The molecule has 1 aromatic rings. The lowest BCUT2D eigenvalue weighted by Crippen LogP contribution is -2.52. The van der Waals surface area contributed by atoms with Crippen LogP contribution in [-0.4, -0.2) is 60.4 Å². The minimum atomic E-state index is -0.527. The van der Waals surface area contributed by atoms with Gasteiger partial charge in [0.05, 0.1) is 6.26 Å². The van der Waals surface area contributed by atoms with E-state index >= 15 is 0 Å². The van der Waals surface area contributed by atoms with Gasteiger partial charge >= 0.3 is 0 Å². The number of hydrogen-bond donors (Lipinski definition) is 1. The number of carbonyl (C=O) groups excluding carboxylic acids is 2. The molecule has 1 N–H and O–H groups in total. The van der Waals surface area contributed by atoms with Gasteiger partial charge in [-0.1, -0.05) is 20.8 Å². The predicted molar refractivity (Wildman–Crippen MR) is 88.1 cm³/mol. The molecule has 0 bridgehead atoms. The number of rotatable bonds is 5. The Labute approximate surface area is 137 Å². The largest absolute Gasteiger partial charge is 0.459 e.